The van der Waals surface area contributed by atoms with Crippen LogP contribution in [0.15, 0.2) is 103 Å². The average molecular weight is 859 g/mol. The van der Waals surface area contributed by atoms with Gasteiger partial charge in [-0.05, 0) is 117 Å². The van der Waals surface area contributed by atoms with E-state index in [-0.39, 0.29) is 41.4 Å². The fourth-order valence-electron chi connectivity index (χ4n) is 8.03. The van der Waals surface area contributed by atoms with Crippen molar-refractivity contribution in [2.24, 2.45) is 5.92 Å². The largest absolute Gasteiger partial charge is 0.369 e. The minimum Gasteiger partial charge on any atom is -0.369 e. The topological polar surface area (TPSA) is 164 Å². The Bertz CT molecular complexity index is 2390. The van der Waals surface area contributed by atoms with E-state index in [1.807, 2.05) is 17.0 Å². The quantitative estimate of drug-likeness (QED) is 0.0778. The number of nitrogens with one attached hydrogen (secondary N) is 5. The Morgan fingerprint density at radius 3 is 2.16 bits per heavy atom. The lowest BCUT2D eigenvalue weighted by atomic mass is 9.90. The van der Waals surface area contributed by atoms with Crippen molar-refractivity contribution in [3.8, 4) is 0 Å². The molecule has 3 fully saturated rings. The van der Waals surface area contributed by atoms with Crippen LogP contribution in [-0.4, -0.2) is 89.3 Å². The Kier molecular flexibility index (Phi) is 13.2. The number of rotatable bonds is 12. The highest BCUT2D eigenvalue weighted by molar-refractivity contribution is 6.33. The molecule has 62 heavy (non-hydrogen) atoms. The molecule has 8 rings (SSSR count). The number of halogens is 2. The third-order valence-corrected chi connectivity index (χ3v) is 12.0. The van der Waals surface area contributed by atoms with E-state index in [1.54, 1.807) is 72.8 Å². The van der Waals surface area contributed by atoms with E-state index < -0.39 is 5.82 Å². The number of imide groups is 1. The highest BCUT2D eigenvalue weighted by Crippen LogP contribution is 2.29. The van der Waals surface area contributed by atoms with Gasteiger partial charge in [0, 0.05) is 74.0 Å². The zero-order valence-corrected chi connectivity index (χ0v) is 34.8. The number of likely N-dealkylation sites (tertiary alicyclic amines) is 1. The number of piperidine rings is 2. The molecule has 3 saturated heterocycles. The van der Waals surface area contributed by atoms with Crippen LogP contribution in [0.25, 0.3) is 0 Å². The second-order valence-electron chi connectivity index (χ2n) is 15.8. The Morgan fingerprint density at radius 1 is 0.774 bits per heavy atom. The SMILES string of the molecule is O=C1CCC(c2ccc(N3CCN(CCC4CCN(C(=O)Nc5ccc(Nc6ncc(F)c(Nc7ccc(C(=O)Nc8ccccc8Cl)cc7)n6)cc5)CC4)CC3)cc2)C(=O)N1. The van der Waals surface area contributed by atoms with E-state index in [1.165, 1.54) is 0 Å². The lowest BCUT2D eigenvalue weighted by molar-refractivity contribution is -0.134. The summed E-state index contributed by atoms with van der Waals surface area (Å²) in [7, 11) is 0. The number of aromatic nitrogens is 2. The van der Waals surface area contributed by atoms with E-state index >= 15 is 0 Å². The van der Waals surface area contributed by atoms with Gasteiger partial charge in [0.05, 0.1) is 22.8 Å². The fraction of sp³-hybridized carbons (Fsp3) is 0.304. The molecule has 0 radical (unpaired) electrons. The summed E-state index contributed by atoms with van der Waals surface area (Å²) in [6.07, 6.45) is 5.05. The first-order valence-electron chi connectivity index (χ1n) is 20.9. The molecule has 4 aromatic carbocycles. The van der Waals surface area contributed by atoms with Crippen LogP contribution in [0.1, 0.15) is 53.9 Å². The fourth-order valence-corrected chi connectivity index (χ4v) is 8.21. The molecule has 3 aliphatic rings. The molecule has 14 nitrogen and oxygen atoms in total. The highest BCUT2D eigenvalue weighted by atomic mass is 35.5. The van der Waals surface area contributed by atoms with Crippen molar-refractivity contribution in [2.45, 2.75) is 38.0 Å². The molecule has 1 aromatic heterocycles. The summed E-state index contributed by atoms with van der Waals surface area (Å²) in [5.74, 6) is -0.952. The number of amides is 5. The van der Waals surface area contributed by atoms with Crippen molar-refractivity contribution in [2.75, 3.05) is 72.0 Å². The lowest BCUT2D eigenvalue weighted by Gasteiger charge is -2.37. The number of nitrogens with zero attached hydrogens (tertiary/aromatic N) is 5. The van der Waals surface area contributed by atoms with Gasteiger partial charge < -0.3 is 31.1 Å². The van der Waals surface area contributed by atoms with Gasteiger partial charge in [-0.3, -0.25) is 24.6 Å². The third kappa shape index (κ3) is 10.6. The van der Waals surface area contributed by atoms with Crippen molar-refractivity contribution in [3.63, 3.8) is 0 Å². The summed E-state index contributed by atoms with van der Waals surface area (Å²) >= 11 is 6.15. The van der Waals surface area contributed by atoms with Crippen LogP contribution in [0.5, 0.6) is 0 Å². The van der Waals surface area contributed by atoms with Gasteiger partial charge in [0.1, 0.15) is 0 Å². The van der Waals surface area contributed by atoms with Crippen LogP contribution in [0.3, 0.4) is 0 Å². The highest BCUT2D eigenvalue weighted by Gasteiger charge is 2.29. The van der Waals surface area contributed by atoms with Gasteiger partial charge in [-0.15, -0.1) is 0 Å². The zero-order chi connectivity index (χ0) is 43.0. The van der Waals surface area contributed by atoms with E-state index in [0.717, 1.165) is 69.4 Å². The monoisotopic (exact) mass is 858 g/mol. The Morgan fingerprint density at radius 2 is 1.45 bits per heavy atom. The second-order valence-corrected chi connectivity index (χ2v) is 16.2. The summed E-state index contributed by atoms with van der Waals surface area (Å²) in [6.45, 7) is 6.33. The van der Waals surface area contributed by atoms with Crippen LogP contribution in [0.4, 0.5) is 49.4 Å². The Labute approximate surface area is 364 Å². The first kappa shape index (κ1) is 42.1. The maximum Gasteiger partial charge on any atom is 0.321 e. The number of hydrogen-bond acceptors (Lipinski definition) is 10. The molecule has 5 N–H and O–H groups in total. The van der Waals surface area contributed by atoms with Gasteiger partial charge in [0.2, 0.25) is 17.8 Å². The molecule has 0 saturated carbocycles. The normalized spacial score (nSPS) is 17.3. The number of carbonyl (C=O) groups excluding carboxylic acids is 4. The van der Waals surface area contributed by atoms with E-state index in [2.05, 4.69) is 58.5 Å². The number of hydrogen-bond donors (Lipinski definition) is 5. The summed E-state index contributed by atoms with van der Waals surface area (Å²) in [6, 6.07) is 28.7. The van der Waals surface area contributed by atoms with Gasteiger partial charge in [0.15, 0.2) is 11.6 Å². The number of carbonyl (C=O) groups is 4. The molecular formula is C46H48ClFN10O4. The number of benzene rings is 4. The van der Waals surface area contributed by atoms with Crippen molar-refractivity contribution in [1.29, 1.82) is 0 Å². The van der Waals surface area contributed by atoms with Crippen LogP contribution < -0.4 is 31.5 Å². The van der Waals surface area contributed by atoms with Crippen molar-refractivity contribution in [3.05, 3.63) is 125 Å². The molecule has 320 valence electrons. The van der Waals surface area contributed by atoms with E-state index in [0.29, 0.717) is 65.2 Å². The Balaban J connectivity index is 0.739. The van der Waals surface area contributed by atoms with Crippen molar-refractivity contribution in [1.82, 2.24) is 25.1 Å². The Hall–Kier alpha value is -6.58. The minimum atomic E-state index is -0.650. The second kappa shape index (κ2) is 19.4. The van der Waals surface area contributed by atoms with Gasteiger partial charge in [-0.2, -0.15) is 4.98 Å². The van der Waals surface area contributed by atoms with Crippen LogP contribution >= 0.6 is 11.6 Å². The number of urea groups is 1. The summed E-state index contributed by atoms with van der Waals surface area (Å²) in [5.41, 5.74) is 4.83. The number of para-hydroxylation sites is 1. The lowest BCUT2D eigenvalue weighted by Crippen LogP contribution is -2.47. The van der Waals surface area contributed by atoms with E-state index in [9.17, 15) is 23.6 Å². The smallest absolute Gasteiger partial charge is 0.321 e. The standard InChI is InChI=1S/C46H48ClFN10O4/c47-38-3-1-2-4-40(38)53-43(60)32-5-9-33(10-6-32)50-42-39(48)29-49-45(55-42)51-34-11-13-35(14-12-34)52-46(62)58-23-20-30(21-24-58)19-22-56-25-27-57(28-26-56)36-15-7-31(8-16-36)37-17-18-41(59)54-44(37)61/h1-16,29-30,37H,17-28H2,(H,52,62)(H,53,60)(H,54,59,61)(H2,49,50,51,55). The minimum absolute atomic E-state index is 0.0455. The molecule has 0 aliphatic carbocycles. The molecule has 4 heterocycles. The maximum absolute atomic E-state index is 14.7. The molecule has 16 heteroatoms. The molecule has 5 amide bonds. The van der Waals surface area contributed by atoms with Crippen molar-refractivity contribution < 1.29 is 23.6 Å². The molecule has 1 atom stereocenters. The van der Waals surface area contributed by atoms with Crippen LogP contribution in [-0.2, 0) is 9.59 Å². The number of piperazine rings is 1. The zero-order valence-electron chi connectivity index (χ0n) is 34.1. The van der Waals surface area contributed by atoms with Crippen LogP contribution in [0.2, 0.25) is 5.02 Å². The number of anilines is 7. The average Bonchev–Trinajstić information content (AvgIpc) is 3.29. The molecule has 5 aromatic rings. The van der Waals surface area contributed by atoms with Gasteiger partial charge in [-0.25, -0.2) is 14.2 Å². The molecule has 0 spiro atoms. The van der Waals surface area contributed by atoms with Gasteiger partial charge >= 0.3 is 6.03 Å². The predicted molar refractivity (Wildman–Crippen MR) is 239 cm³/mol. The van der Waals surface area contributed by atoms with E-state index in [4.69, 9.17) is 11.6 Å². The first-order chi connectivity index (χ1) is 30.1. The van der Waals surface area contributed by atoms with Gasteiger partial charge in [0.25, 0.3) is 5.91 Å². The van der Waals surface area contributed by atoms with Gasteiger partial charge in [-0.1, -0.05) is 35.9 Å². The summed E-state index contributed by atoms with van der Waals surface area (Å²) in [5, 5.41) is 14.7. The summed E-state index contributed by atoms with van der Waals surface area (Å²) in [4.78, 5) is 64.8. The third-order valence-electron chi connectivity index (χ3n) is 11.7. The molecule has 1 unspecified atom stereocenters. The molecule has 3 aliphatic heterocycles. The molecular weight excluding hydrogens is 811 g/mol. The molecule has 0 bridgehead atoms. The maximum atomic E-state index is 14.7. The predicted octanol–water partition coefficient (Wildman–Crippen LogP) is 7.99. The van der Waals surface area contributed by atoms with Crippen molar-refractivity contribution >= 4 is 75.6 Å². The first-order valence-corrected chi connectivity index (χ1v) is 21.3. The van der Waals surface area contributed by atoms with Crippen LogP contribution in [0, 0.1) is 11.7 Å². The summed E-state index contributed by atoms with van der Waals surface area (Å²) < 4.78 is 14.7.